The van der Waals surface area contributed by atoms with Gasteiger partial charge in [-0.3, -0.25) is 4.98 Å². The topological polar surface area (TPSA) is 24.9 Å². The third-order valence-electron chi connectivity index (χ3n) is 3.20. The summed E-state index contributed by atoms with van der Waals surface area (Å²) in [6.45, 7) is 0.547. The lowest BCUT2D eigenvalue weighted by atomic mass is 10.1. The Hall–Kier alpha value is -1.65. The van der Waals surface area contributed by atoms with Gasteiger partial charge >= 0.3 is 0 Å². The summed E-state index contributed by atoms with van der Waals surface area (Å²) in [4.78, 5) is 4.38. The first-order valence-electron chi connectivity index (χ1n) is 6.36. The van der Waals surface area contributed by atoms with E-state index in [0.717, 1.165) is 22.2 Å². The summed E-state index contributed by atoms with van der Waals surface area (Å²) in [5.41, 5.74) is 2.59. The van der Waals surface area contributed by atoms with Gasteiger partial charge in [-0.1, -0.05) is 17.7 Å². The van der Waals surface area contributed by atoms with E-state index in [1.165, 1.54) is 6.07 Å². The van der Waals surface area contributed by atoms with E-state index < -0.39 is 0 Å². The van der Waals surface area contributed by atoms with Crippen LogP contribution >= 0.6 is 27.5 Å². The minimum atomic E-state index is -0.293. The minimum Gasteiger partial charge on any atom is -0.381 e. The van der Waals surface area contributed by atoms with Crippen LogP contribution in [0.25, 0.3) is 10.9 Å². The average Bonchev–Trinajstić information content (AvgIpc) is 2.50. The monoisotopic (exact) mass is 364 g/mol. The van der Waals surface area contributed by atoms with Gasteiger partial charge in [0.05, 0.1) is 9.99 Å². The summed E-state index contributed by atoms with van der Waals surface area (Å²) in [5.74, 6) is -0.293. The van der Waals surface area contributed by atoms with Gasteiger partial charge in [0.25, 0.3) is 0 Å². The third-order valence-corrected chi connectivity index (χ3v) is 4.18. The molecule has 0 spiro atoms. The summed E-state index contributed by atoms with van der Waals surface area (Å²) in [6.07, 6.45) is 1.74. The van der Waals surface area contributed by atoms with Crippen molar-refractivity contribution in [1.29, 1.82) is 0 Å². The molecule has 1 aromatic heterocycles. The maximum Gasteiger partial charge on any atom is 0.139 e. The number of hydrogen-bond donors (Lipinski definition) is 1. The van der Waals surface area contributed by atoms with E-state index in [0.29, 0.717) is 16.0 Å². The van der Waals surface area contributed by atoms with Crippen molar-refractivity contribution in [3.05, 3.63) is 69.5 Å². The molecule has 3 aromatic rings. The van der Waals surface area contributed by atoms with E-state index in [4.69, 9.17) is 11.6 Å². The largest absolute Gasteiger partial charge is 0.381 e. The molecule has 0 unspecified atom stereocenters. The number of anilines is 1. The Labute approximate surface area is 135 Å². The molecule has 0 radical (unpaired) electrons. The van der Waals surface area contributed by atoms with Gasteiger partial charge in [-0.05, 0) is 57.9 Å². The lowest BCUT2D eigenvalue weighted by Gasteiger charge is -2.10. The van der Waals surface area contributed by atoms with Gasteiger partial charge in [0, 0.05) is 28.8 Å². The molecule has 2 aromatic carbocycles. The van der Waals surface area contributed by atoms with Crippen molar-refractivity contribution in [2.45, 2.75) is 6.54 Å². The number of hydrogen-bond acceptors (Lipinski definition) is 2. The highest BCUT2D eigenvalue weighted by atomic mass is 79.9. The maximum absolute atomic E-state index is 13.5. The molecule has 0 atom stereocenters. The van der Waals surface area contributed by atoms with E-state index in [9.17, 15) is 4.39 Å². The summed E-state index contributed by atoms with van der Waals surface area (Å²) < 4.78 is 13.9. The quantitative estimate of drug-likeness (QED) is 0.672. The molecule has 2 nitrogen and oxygen atoms in total. The van der Waals surface area contributed by atoms with E-state index in [1.54, 1.807) is 12.3 Å². The SMILES string of the molecule is Fc1cc(NCc2ccc(Cl)c3cccnc23)ccc1Br. The van der Waals surface area contributed by atoms with Crippen molar-refractivity contribution >= 4 is 44.1 Å². The first-order chi connectivity index (χ1) is 10.1. The molecule has 0 saturated carbocycles. The molecule has 1 heterocycles. The Kier molecular flexibility index (Phi) is 4.08. The third kappa shape index (κ3) is 3.01. The first kappa shape index (κ1) is 14.3. The molecule has 106 valence electrons. The molecule has 0 saturated heterocycles. The van der Waals surface area contributed by atoms with Crippen molar-refractivity contribution in [2.24, 2.45) is 0 Å². The van der Waals surface area contributed by atoms with Crippen LogP contribution in [0.15, 0.2) is 53.1 Å². The van der Waals surface area contributed by atoms with Crippen LogP contribution in [0, 0.1) is 5.82 Å². The van der Waals surface area contributed by atoms with E-state index in [-0.39, 0.29) is 5.82 Å². The number of aromatic nitrogens is 1. The Balaban J connectivity index is 1.88. The van der Waals surface area contributed by atoms with Crippen molar-refractivity contribution in [1.82, 2.24) is 4.98 Å². The molecule has 0 aliphatic carbocycles. The van der Waals surface area contributed by atoms with Crippen molar-refractivity contribution in [3.8, 4) is 0 Å². The normalized spacial score (nSPS) is 10.8. The van der Waals surface area contributed by atoms with Crippen molar-refractivity contribution < 1.29 is 4.39 Å². The van der Waals surface area contributed by atoms with E-state index in [1.807, 2.05) is 30.3 Å². The van der Waals surface area contributed by atoms with Crippen LogP contribution in [0.2, 0.25) is 5.02 Å². The Morgan fingerprint density at radius 3 is 2.86 bits per heavy atom. The second-order valence-electron chi connectivity index (χ2n) is 4.59. The van der Waals surface area contributed by atoms with Gasteiger partial charge in [0.1, 0.15) is 5.82 Å². The van der Waals surface area contributed by atoms with Crippen LogP contribution in [-0.4, -0.2) is 4.98 Å². The van der Waals surface area contributed by atoms with Gasteiger partial charge in [-0.25, -0.2) is 4.39 Å². The second kappa shape index (κ2) is 6.00. The molecule has 5 heteroatoms. The van der Waals surface area contributed by atoms with Gasteiger partial charge in [-0.15, -0.1) is 0 Å². The average molecular weight is 366 g/mol. The molecule has 1 N–H and O–H groups in total. The van der Waals surface area contributed by atoms with Crippen LogP contribution in [0.4, 0.5) is 10.1 Å². The maximum atomic E-state index is 13.5. The smallest absolute Gasteiger partial charge is 0.139 e. The lowest BCUT2D eigenvalue weighted by Crippen LogP contribution is -2.01. The van der Waals surface area contributed by atoms with Gasteiger partial charge < -0.3 is 5.32 Å². The number of nitrogens with zero attached hydrogens (tertiary/aromatic N) is 1. The van der Waals surface area contributed by atoms with Crippen LogP contribution < -0.4 is 5.32 Å². The first-order valence-corrected chi connectivity index (χ1v) is 7.53. The fourth-order valence-electron chi connectivity index (χ4n) is 2.14. The molecule has 0 amide bonds. The van der Waals surface area contributed by atoms with Crippen LogP contribution in [-0.2, 0) is 6.54 Å². The Morgan fingerprint density at radius 2 is 2.05 bits per heavy atom. The lowest BCUT2D eigenvalue weighted by molar-refractivity contribution is 0.621. The zero-order valence-corrected chi connectivity index (χ0v) is 13.2. The predicted octanol–water partition coefficient (Wildman–Crippen LogP) is 5.40. The van der Waals surface area contributed by atoms with Crippen LogP contribution in [0.1, 0.15) is 5.56 Å². The Morgan fingerprint density at radius 1 is 1.19 bits per heavy atom. The zero-order chi connectivity index (χ0) is 14.8. The summed E-state index contributed by atoms with van der Waals surface area (Å²) in [6, 6.07) is 12.5. The molecule has 0 bridgehead atoms. The highest BCUT2D eigenvalue weighted by Gasteiger charge is 2.06. The molecule has 0 fully saturated rings. The fourth-order valence-corrected chi connectivity index (χ4v) is 2.60. The van der Waals surface area contributed by atoms with E-state index >= 15 is 0 Å². The number of nitrogens with one attached hydrogen (secondary N) is 1. The summed E-state index contributed by atoms with van der Waals surface area (Å²) in [7, 11) is 0. The number of halogens is 3. The highest BCUT2D eigenvalue weighted by molar-refractivity contribution is 9.10. The fraction of sp³-hybridized carbons (Fsp3) is 0.0625. The number of rotatable bonds is 3. The van der Waals surface area contributed by atoms with Crippen molar-refractivity contribution in [2.75, 3.05) is 5.32 Å². The van der Waals surface area contributed by atoms with Gasteiger partial charge in [0.15, 0.2) is 0 Å². The Bertz CT molecular complexity index is 807. The van der Waals surface area contributed by atoms with Crippen molar-refractivity contribution in [3.63, 3.8) is 0 Å². The standard InChI is InChI=1S/C16H11BrClFN2/c17-13-5-4-11(8-15(13)19)21-9-10-3-6-14(18)12-2-1-7-20-16(10)12/h1-8,21H,9H2. The molecule has 0 aliphatic rings. The summed E-state index contributed by atoms with van der Waals surface area (Å²) in [5, 5.41) is 4.79. The zero-order valence-electron chi connectivity index (χ0n) is 10.9. The number of pyridine rings is 1. The number of fused-ring (bicyclic) bond motifs is 1. The molecule has 3 rings (SSSR count). The van der Waals surface area contributed by atoms with Gasteiger partial charge in [-0.2, -0.15) is 0 Å². The molecular formula is C16H11BrClFN2. The van der Waals surface area contributed by atoms with Crippen LogP contribution in [0.5, 0.6) is 0 Å². The molecule has 21 heavy (non-hydrogen) atoms. The van der Waals surface area contributed by atoms with Gasteiger partial charge in [0.2, 0.25) is 0 Å². The van der Waals surface area contributed by atoms with Crippen LogP contribution in [0.3, 0.4) is 0 Å². The van der Waals surface area contributed by atoms with E-state index in [2.05, 4.69) is 26.2 Å². The highest BCUT2D eigenvalue weighted by Crippen LogP contribution is 2.26. The molecule has 0 aliphatic heterocycles. The minimum absolute atomic E-state index is 0.293. The summed E-state index contributed by atoms with van der Waals surface area (Å²) >= 11 is 9.31. The molecular weight excluding hydrogens is 355 g/mol. The number of benzene rings is 2. The predicted molar refractivity (Wildman–Crippen MR) is 88.2 cm³/mol. The second-order valence-corrected chi connectivity index (χ2v) is 5.85.